The lowest BCUT2D eigenvalue weighted by molar-refractivity contribution is -0.132. The molecule has 1 aliphatic heterocycles. The van der Waals surface area contributed by atoms with E-state index in [2.05, 4.69) is 13.0 Å². The minimum atomic E-state index is -0.0185. The maximum absolute atomic E-state index is 12.4. The van der Waals surface area contributed by atoms with Crippen molar-refractivity contribution < 1.29 is 9.59 Å². The number of hydrogen-bond acceptors (Lipinski definition) is 2. The summed E-state index contributed by atoms with van der Waals surface area (Å²) in [5, 5.41) is 0. The first-order valence-corrected chi connectivity index (χ1v) is 8.51. The van der Waals surface area contributed by atoms with Gasteiger partial charge in [-0.1, -0.05) is 13.0 Å². The van der Waals surface area contributed by atoms with Crippen molar-refractivity contribution in [3.05, 3.63) is 29.3 Å². The van der Waals surface area contributed by atoms with Gasteiger partial charge in [-0.2, -0.15) is 0 Å². The molecule has 0 spiro atoms. The molecule has 1 aromatic carbocycles. The Labute approximate surface area is 139 Å². The largest absolute Gasteiger partial charge is 0.343 e. The Morgan fingerprint density at radius 2 is 1.70 bits per heavy atom. The predicted octanol–water partition coefficient (Wildman–Crippen LogP) is 3.30. The first kappa shape index (κ1) is 17.5. The van der Waals surface area contributed by atoms with Crippen molar-refractivity contribution in [3.63, 3.8) is 0 Å². The van der Waals surface area contributed by atoms with Crippen LogP contribution < -0.4 is 4.90 Å². The van der Waals surface area contributed by atoms with Crippen LogP contribution in [0.3, 0.4) is 0 Å². The van der Waals surface area contributed by atoms with Crippen molar-refractivity contribution in [2.24, 2.45) is 5.92 Å². The first-order valence-electron chi connectivity index (χ1n) is 8.51. The molecule has 0 aromatic heterocycles. The standard InChI is InChI=1S/C19H28N2O2/c1-14-5-8-20(9-6-14)19(23)7-10-21(17(4)22)18-12-15(2)11-16(3)13-18/h11-14H,5-10H2,1-4H3. The van der Waals surface area contributed by atoms with Gasteiger partial charge in [-0.3, -0.25) is 9.59 Å². The van der Waals surface area contributed by atoms with E-state index in [1.165, 1.54) is 0 Å². The number of carbonyl (C=O) groups excluding carboxylic acids is 2. The van der Waals surface area contributed by atoms with Crippen LogP contribution in [-0.4, -0.2) is 36.3 Å². The van der Waals surface area contributed by atoms with Crippen LogP contribution >= 0.6 is 0 Å². The summed E-state index contributed by atoms with van der Waals surface area (Å²) in [6.45, 7) is 9.99. The molecule has 1 fully saturated rings. The normalized spacial score (nSPS) is 15.6. The van der Waals surface area contributed by atoms with Gasteiger partial charge in [0.05, 0.1) is 0 Å². The van der Waals surface area contributed by atoms with E-state index in [0.29, 0.717) is 18.9 Å². The monoisotopic (exact) mass is 316 g/mol. The molecule has 126 valence electrons. The third kappa shape index (κ3) is 4.81. The Morgan fingerprint density at radius 1 is 1.13 bits per heavy atom. The van der Waals surface area contributed by atoms with Crippen molar-refractivity contribution in [3.8, 4) is 0 Å². The molecule has 0 aliphatic carbocycles. The number of carbonyl (C=O) groups is 2. The summed E-state index contributed by atoms with van der Waals surface area (Å²) in [4.78, 5) is 28.0. The van der Waals surface area contributed by atoms with Crippen molar-refractivity contribution in [1.82, 2.24) is 4.90 Å². The number of nitrogens with zero attached hydrogens (tertiary/aromatic N) is 2. The van der Waals surface area contributed by atoms with Gasteiger partial charge in [-0.05, 0) is 55.9 Å². The van der Waals surface area contributed by atoms with Gasteiger partial charge in [-0.25, -0.2) is 0 Å². The molecule has 0 radical (unpaired) electrons. The smallest absolute Gasteiger partial charge is 0.224 e. The van der Waals surface area contributed by atoms with E-state index >= 15 is 0 Å². The third-order valence-corrected chi connectivity index (χ3v) is 4.58. The maximum atomic E-state index is 12.4. The zero-order valence-electron chi connectivity index (χ0n) is 14.8. The fourth-order valence-electron chi connectivity index (χ4n) is 3.20. The number of aryl methyl sites for hydroxylation is 2. The van der Waals surface area contributed by atoms with E-state index in [-0.39, 0.29) is 11.8 Å². The molecule has 2 rings (SSSR count). The minimum absolute atomic E-state index is 0.0185. The van der Waals surface area contributed by atoms with Crippen LogP contribution in [0.5, 0.6) is 0 Å². The second-order valence-corrected chi connectivity index (χ2v) is 6.83. The Kier molecular flexibility index (Phi) is 5.80. The van der Waals surface area contributed by atoms with Crippen molar-refractivity contribution in [2.45, 2.75) is 47.0 Å². The quantitative estimate of drug-likeness (QED) is 0.855. The van der Waals surface area contributed by atoms with Crippen LogP contribution in [0.2, 0.25) is 0 Å². The van der Waals surface area contributed by atoms with Gasteiger partial charge in [-0.15, -0.1) is 0 Å². The topological polar surface area (TPSA) is 40.6 Å². The van der Waals surface area contributed by atoms with E-state index in [0.717, 1.165) is 42.7 Å². The summed E-state index contributed by atoms with van der Waals surface area (Å²) < 4.78 is 0. The molecule has 0 bridgehead atoms. The first-order chi connectivity index (χ1) is 10.9. The van der Waals surface area contributed by atoms with Crippen molar-refractivity contribution in [1.29, 1.82) is 0 Å². The number of amides is 2. The Morgan fingerprint density at radius 3 is 2.22 bits per heavy atom. The van der Waals surface area contributed by atoms with E-state index in [9.17, 15) is 9.59 Å². The van der Waals surface area contributed by atoms with Gasteiger partial charge in [0.1, 0.15) is 0 Å². The van der Waals surface area contributed by atoms with Gasteiger partial charge in [0.2, 0.25) is 11.8 Å². The maximum Gasteiger partial charge on any atom is 0.224 e. The van der Waals surface area contributed by atoms with Crippen LogP contribution in [0.15, 0.2) is 18.2 Å². The van der Waals surface area contributed by atoms with Crippen LogP contribution in [0, 0.1) is 19.8 Å². The lowest BCUT2D eigenvalue weighted by Crippen LogP contribution is -2.40. The van der Waals surface area contributed by atoms with E-state index in [1.807, 2.05) is 30.9 Å². The Bertz CT molecular complexity index is 554. The van der Waals surface area contributed by atoms with Gasteiger partial charge in [0.15, 0.2) is 0 Å². The van der Waals surface area contributed by atoms with Gasteiger partial charge in [0, 0.05) is 38.7 Å². The van der Waals surface area contributed by atoms with Gasteiger partial charge in [0.25, 0.3) is 0 Å². The summed E-state index contributed by atoms with van der Waals surface area (Å²) >= 11 is 0. The van der Waals surface area contributed by atoms with Gasteiger partial charge >= 0.3 is 0 Å². The van der Waals surface area contributed by atoms with Crippen LogP contribution in [0.25, 0.3) is 0 Å². The van der Waals surface area contributed by atoms with Crippen LogP contribution in [0.4, 0.5) is 5.69 Å². The highest BCUT2D eigenvalue weighted by Gasteiger charge is 2.21. The molecule has 0 saturated carbocycles. The summed E-state index contributed by atoms with van der Waals surface area (Å²) in [7, 11) is 0. The molecule has 4 heteroatoms. The fraction of sp³-hybridized carbons (Fsp3) is 0.579. The third-order valence-electron chi connectivity index (χ3n) is 4.58. The van der Waals surface area contributed by atoms with Gasteiger partial charge < -0.3 is 9.80 Å². The lowest BCUT2D eigenvalue weighted by atomic mass is 9.99. The average Bonchev–Trinajstić information content (AvgIpc) is 2.46. The van der Waals surface area contributed by atoms with E-state index < -0.39 is 0 Å². The molecule has 4 nitrogen and oxygen atoms in total. The highest BCUT2D eigenvalue weighted by molar-refractivity contribution is 5.92. The number of likely N-dealkylation sites (tertiary alicyclic amines) is 1. The molecule has 0 atom stereocenters. The molecule has 1 aliphatic rings. The zero-order chi connectivity index (χ0) is 17.0. The van der Waals surface area contributed by atoms with E-state index in [4.69, 9.17) is 0 Å². The molecule has 1 heterocycles. The van der Waals surface area contributed by atoms with Crippen molar-refractivity contribution >= 4 is 17.5 Å². The molecular formula is C19H28N2O2. The molecular weight excluding hydrogens is 288 g/mol. The molecule has 0 unspecified atom stereocenters. The summed E-state index contributed by atoms with van der Waals surface area (Å²) in [6, 6.07) is 6.09. The second-order valence-electron chi connectivity index (χ2n) is 6.83. The Balaban J connectivity index is 2.00. The molecule has 2 amide bonds. The highest BCUT2D eigenvalue weighted by Crippen LogP contribution is 2.20. The SMILES string of the molecule is CC(=O)N(CCC(=O)N1CCC(C)CC1)c1cc(C)cc(C)c1. The van der Waals surface area contributed by atoms with E-state index in [1.54, 1.807) is 11.8 Å². The molecule has 23 heavy (non-hydrogen) atoms. The minimum Gasteiger partial charge on any atom is -0.343 e. The summed E-state index contributed by atoms with van der Waals surface area (Å²) in [5.74, 6) is 0.852. The molecule has 1 saturated heterocycles. The number of rotatable bonds is 4. The van der Waals surface area contributed by atoms with Crippen LogP contribution in [-0.2, 0) is 9.59 Å². The zero-order valence-corrected chi connectivity index (χ0v) is 14.8. The number of hydrogen-bond donors (Lipinski definition) is 0. The van der Waals surface area contributed by atoms with Crippen LogP contribution in [0.1, 0.15) is 44.2 Å². The van der Waals surface area contributed by atoms with Crippen molar-refractivity contribution in [2.75, 3.05) is 24.5 Å². The second kappa shape index (κ2) is 7.62. The fourth-order valence-corrected chi connectivity index (χ4v) is 3.20. The predicted molar refractivity (Wildman–Crippen MR) is 93.5 cm³/mol. The summed E-state index contributed by atoms with van der Waals surface area (Å²) in [6.07, 6.45) is 2.55. The summed E-state index contributed by atoms with van der Waals surface area (Å²) in [5.41, 5.74) is 3.14. The number of benzene rings is 1. The molecule has 1 aromatic rings. The average molecular weight is 316 g/mol. The number of anilines is 1. The highest BCUT2D eigenvalue weighted by atomic mass is 16.2. The lowest BCUT2D eigenvalue weighted by Gasteiger charge is -2.31. The number of piperidine rings is 1. The Hall–Kier alpha value is -1.84. The molecule has 0 N–H and O–H groups in total.